The molecule has 2 aliphatic rings. The van der Waals surface area contributed by atoms with Gasteiger partial charge in [-0.3, -0.25) is 9.69 Å². The van der Waals surface area contributed by atoms with Gasteiger partial charge in [-0.2, -0.15) is 0 Å². The second-order valence-electron chi connectivity index (χ2n) is 6.05. The lowest BCUT2D eigenvalue weighted by molar-refractivity contribution is -0.145. The fourth-order valence-corrected chi connectivity index (χ4v) is 2.97. The first-order chi connectivity index (χ1) is 9.15. The van der Waals surface area contributed by atoms with Crippen molar-refractivity contribution in [2.45, 2.75) is 32.2 Å². The van der Waals surface area contributed by atoms with E-state index in [1.54, 1.807) is 0 Å². The van der Waals surface area contributed by atoms with Gasteiger partial charge in [-0.25, -0.2) is 0 Å². The van der Waals surface area contributed by atoms with E-state index in [9.17, 15) is 4.79 Å². The van der Waals surface area contributed by atoms with Crippen LogP contribution in [0.3, 0.4) is 0 Å². The monoisotopic (exact) mass is 259 g/mol. The molecule has 0 amide bonds. The van der Waals surface area contributed by atoms with Crippen molar-refractivity contribution >= 4 is 5.97 Å². The van der Waals surface area contributed by atoms with Gasteiger partial charge in [0.05, 0.1) is 5.92 Å². The van der Waals surface area contributed by atoms with E-state index in [1.165, 1.54) is 24.0 Å². The average Bonchev–Trinajstić information content (AvgIpc) is 3.17. The Morgan fingerprint density at radius 1 is 1.37 bits per heavy atom. The number of benzene rings is 1. The Bertz CT molecular complexity index is 475. The van der Waals surface area contributed by atoms with E-state index >= 15 is 0 Å². The first kappa shape index (κ1) is 12.7. The van der Waals surface area contributed by atoms with Crippen LogP contribution in [0.15, 0.2) is 24.3 Å². The number of carboxylic acid groups (broad SMARTS) is 1. The van der Waals surface area contributed by atoms with E-state index in [0.717, 1.165) is 25.6 Å². The van der Waals surface area contributed by atoms with Gasteiger partial charge < -0.3 is 5.11 Å². The Kier molecular flexibility index (Phi) is 3.31. The van der Waals surface area contributed by atoms with E-state index in [-0.39, 0.29) is 5.92 Å². The summed E-state index contributed by atoms with van der Waals surface area (Å²) in [7, 11) is 0. The van der Waals surface area contributed by atoms with Crippen molar-refractivity contribution < 1.29 is 9.90 Å². The van der Waals surface area contributed by atoms with Crippen molar-refractivity contribution in [3.05, 3.63) is 35.4 Å². The van der Waals surface area contributed by atoms with Gasteiger partial charge in [-0.1, -0.05) is 31.2 Å². The first-order valence-electron chi connectivity index (χ1n) is 7.18. The summed E-state index contributed by atoms with van der Waals surface area (Å²) in [6.07, 6.45) is 2.66. The molecule has 3 heteroatoms. The maximum absolute atomic E-state index is 10.9. The van der Waals surface area contributed by atoms with Crippen LogP contribution in [0, 0.1) is 11.8 Å². The fourth-order valence-electron chi connectivity index (χ4n) is 2.97. The quantitative estimate of drug-likeness (QED) is 0.884. The number of hydrogen-bond acceptors (Lipinski definition) is 2. The molecule has 1 heterocycles. The molecule has 1 atom stereocenters. The van der Waals surface area contributed by atoms with Gasteiger partial charge in [-0.15, -0.1) is 0 Å². The molecule has 0 spiro atoms. The van der Waals surface area contributed by atoms with Crippen LogP contribution in [0.5, 0.6) is 0 Å². The first-order valence-corrected chi connectivity index (χ1v) is 7.18. The number of likely N-dealkylation sites (tertiary alicyclic amines) is 1. The number of carbonyl (C=O) groups is 1. The zero-order chi connectivity index (χ0) is 13.4. The molecular weight excluding hydrogens is 238 g/mol. The highest BCUT2D eigenvalue weighted by atomic mass is 16.4. The summed E-state index contributed by atoms with van der Waals surface area (Å²) in [4.78, 5) is 13.3. The summed E-state index contributed by atoms with van der Waals surface area (Å²) in [5, 5.41) is 9.00. The van der Waals surface area contributed by atoms with Crippen molar-refractivity contribution in [1.29, 1.82) is 0 Å². The Labute approximate surface area is 114 Å². The van der Waals surface area contributed by atoms with E-state index in [0.29, 0.717) is 5.92 Å². The molecule has 1 aliphatic carbocycles. The summed E-state index contributed by atoms with van der Waals surface area (Å²) < 4.78 is 0. The second kappa shape index (κ2) is 4.97. The molecule has 2 fully saturated rings. The third-order valence-corrected chi connectivity index (χ3v) is 4.55. The maximum atomic E-state index is 10.9. The number of hydrogen-bond donors (Lipinski definition) is 1. The van der Waals surface area contributed by atoms with Gasteiger partial charge >= 0.3 is 5.97 Å². The molecular formula is C16H21NO2. The third kappa shape index (κ3) is 2.66. The lowest BCUT2D eigenvalue weighted by Crippen LogP contribution is -2.50. The van der Waals surface area contributed by atoms with Gasteiger partial charge in [0.2, 0.25) is 0 Å². The van der Waals surface area contributed by atoms with Crippen molar-refractivity contribution in [3.63, 3.8) is 0 Å². The van der Waals surface area contributed by atoms with E-state index in [1.807, 2.05) is 6.92 Å². The average molecular weight is 259 g/mol. The van der Waals surface area contributed by atoms with Crippen molar-refractivity contribution in [2.24, 2.45) is 11.8 Å². The van der Waals surface area contributed by atoms with Crippen LogP contribution in [0.4, 0.5) is 0 Å². The molecule has 1 saturated heterocycles. The van der Waals surface area contributed by atoms with Gasteiger partial charge in [0, 0.05) is 19.6 Å². The van der Waals surface area contributed by atoms with Crippen LogP contribution in [-0.4, -0.2) is 29.1 Å². The molecule has 0 bridgehead atoms. The summed E-state index contributed by atoms with van der Waals surface area (Å²) >= 11 is 0. The molecule has 1 saturated carbocycles. The molecule has 19 heavy (non-hydrogen) atoms. The Morgan fingerprint density at radius 3 is 2.68 bits per heavy atom. The summed E-state index contributed by atoms with van der Waals surface area (Å²) in [6, 6.07) is 8.71. The van der Waals surface area contributed by atoms with E-state index < -0.39 is 5.97 Å². The lowest BCUT2D eigenvalue weighted by atomic mass is 9.86. The van der Waals surface area contributed by atoms with Crippen LogP contribution in [-0.2, 0) is 11.3 Å². The van der Waals surface area contributed by atoms with Crippen LogP contribution >= 0.6 is 0 Å². The van der Waals surface area contributed by atoms with E-state index in [2.05, 4.69) is 29.2 Å². The third-order valence-electron chi connectivity index (χ3n) is 4.55. The van der Waals surface area contributed by atoms with Crippen LogP contribution in [0.2, 0.25) is 0 Å². The van der Waals surface area contributed by atoms with Gasteiger partial charge in [0.15, 0.2) is 0 Å². The molecule has 1 unspecified atom stereocenters. The lowest BCUT2D eigenvalue weighted by Gasteiger charge is -2.41. The summed E-state index contributed by atoms with van der Waals surface area (Å²) in [5.74, 6) is 0.231. The molecule has 3 rings (SSSR count). The van der Waals surface area contributed by atoms with Crippen LogP contribution in [0.25, 0.3) is 0 Å². The number of carboxylic acids is 1. The number of rotatable bonds is 5. The van der Waals surface area contributed by atoms with Gasteiger partial charge in [0.1, 0.15) is 0 Å². The maximum Gasteiger partial charge on any atom is 0.306 e. The smallest absolute Gasteiger partial charge is 0.306 e. The van der Waals surface area contributed by atoms with Crippen LogP contribution in [0.1, 0.15) is 36.8 Å². The molecule has 3 nitrogen and oxygen atoms in total. The van der Waals surface area contributed by atoms with E-state index in [4.69, 9.17) is 5.11 Å². The van der Waals surface area contributed by atoms with Crippen molar-refractivity contribution in [1.82, 2.24) is 4.90 Å². The Balaban J connectivity index is 1.58. The van der Waals surface area contributed by atoms with Crippen molar-refractivity contribution in [2.75, 3.05) is 13.1 Å². The minimum atomic E-state index is -0.664. The zero-order valence-corrected chi connectivity index (χ0v) is 11.4. The summed E-state index contributed by atoms with van der Waals surface area (Å²) in [6.45, 7) is 4.65. The highest BCUT2D eigenvalue weighted by molar-refractivity contribution is 5.70. The van der Waals surface area contributed by atoms with Gasteiger partial charge in [-0.05, 0) is 35.8 Å². The Hall–Kier alpha value is -1.35. The molecule has 0 radical (unpaired) electrons. The SMILES string of the molecule is CC(C(=O)O)C1CN(Cc2ccccc2C2CC2)C1. The predicted octanol–water partition coefficient (Wildman–Crippen LogP) is 2.72. The Morgan fingerprint density at radius 2 is 2.05 bits per heavy atom. The largest absolute Gasteiger partial charge is 0.481 e. The molecule has 1 aromatic rings. The molecule has 1 N–H and O–H groups in total. The molecule has 1 aliphatic heterocycles. The minimum absolute atomic E-state index is 0.213. The fraction of sp³-hybridized carbons (Fsp3) is 0.562. The van der Waals surface area contributed by atoms with Crippen LogP contribution < -0.4 is 0 Å². The van der Waals surface area contributed by atoms with Crippen molar-refractivity contribution in [3.8, 4) is 0 Å². The highest BCUT2D eigenvalue weighted by Gasteiger charge is 2.35. The molecule has 1 aromatic carbocycles. The van der Waals surface area contributed by atoms with Gasteiger partial charge in [0.25, 0.3) is 0 Å². The number of nitrogens with zero attached hydrogens (tertiary/aromatic N) is 1. The minimum Gasteiger partial charge on any atom is -0.481 e. The molecule has 102 valence electrons. The highest BCUT2D eigenvalue weighted by Crippen LogP contribution is 2.42. The summed E-state index contributed by atoms with van der Waals surface area (Å²) in [5.41, 5.74) is 2.95. The normalized spacial score (nSPS) is 21.9. The second-order valence-corrected chi connectivity index (χ2v) is 6.05. The number of aliphatic carboxylic acids is 1. The zero-order valence-electron chi connectivity index (χ0n) is 11.4. The predicted molar refractivity (Wildman–Crippen MR) is 74.0 cm³/mol. The standard InChI is InChI=1S/C16H21NO2/c1-11(16(18)19)14-9-17(10-14)8-13-4-2-3-5-15(13)12-6-7-12/h2-5,11-12,14H,6-10H2,1H3,(H,18,19). The topological polar surface area (TPSA) is 40.5 Å². The molecule has 0 aromatic heterocycles.